The number of anilines is 2. The normalized spacial score (nSPS) is 14.5. The highest BCUT2D eigenvalue weighted by Crippen LogP contribution is 2.48. The Morgan fingerprint density at radius 2 is 1.95 bits per heavy atom. The predicted molar refractivity (Wildman–Crippen MR) is 155 cm³/mol. The number of rotatable bonds is 8. The molecular formula is C29H28ClF2N9. The Morgan fingerprint density at radius 1 is 1.15 bits per heavy atom. The molecule has 2 N–H and O–H groups in total. The summed E-state index contributed by atoms with van der Waals surface area (Å²) < 4.78 is 30.0. The minimum absolute atomic E-state index is 0.00152. The molecule has 0 atom stereocenters. The number of alkyl halides is 2. The molecule has 2 aromatic carbocycles. The molecule has 1 saturated carbocycles. The lowest BCUT2D eigenvalue weighted by Gasteiger charge is -2.21. The molecule has 9 nitrogen and oxygen atoms in total. The van der Waals surface area contributed by atoms with E-state index in [-0.39, 0.29) is 5.41 Å². The van der Waals surface area contributed by atoms with Gasteiger partial charge in [0.05, 0.1) is 39.7 Å². The summed E-state index contributed by atoms with van der Waals surface area (Å²) in [5, 5.41) is 31.3. The van der Waals surface area contributed by atoms with E-state index in [1.54, 1.807) is 17.1 Å². The third kappa shape index (κ3) is 4.93. The zero-order valence-electron chi connectivity index (χ0n) is 22.8. The highest BCUT2D eigenvalue weighted by atomic mass is 35.5. The molecule has 41 heavy (non-hydrogen) atoms. The van der Waals surface area contributed by atoms with Crippen LogP contribution in [0, 0.1) is 16.7 Å². The maximum Gasteiger partial charge on any atom is 0.263 e. The summed E-state index contributed by atoms with van der Waals surface area (Å²) in [5.41, 5.74) is 3.04. The minimum atomic E-state index is -2.50. The van der Waals surface area contributed by atoms with Gasteiger partial charge in [-0.15, -0.1) is 5.10 Å². The van der Waals surface area contributed by atoms with Crippen LogP contribution in [0.25, 0.3) is 27.6 Å². The van der Waals surface area contributed by atoms with E-state index in [2.05, 4.69) is 57.9 Å². The van der Waals surface area contributed by atoms with Crippen LogP contribution >= 0.6 is 11.6 Å². The van der Waals surface area contributed by atoms with E-state index >= 15 is 0 Å². The van der Waals surface area contributed by atoms with E-state index in [9.17, 15) is 14.0 Å². The van der Waals surface area contributed by atoms with Gasteiger partial charge in [-0.25, -0.2) is 18.1 Å². The summed E-state index contributed by atoms with van der Waals surface area (Å²) in [5.74, 6) is 0.384. The molecule has 0 bridgehead atoms. The molecule has 0 unspecified atom stereocenters. The second-order valence-electron chi connectivity index (χ2n) is 11.6. The van der Waals surface area contributed by atoms with Crippen LogP contribution in [-0.2, 0) is 12.1 Å². The van der Waals surface area contributed by atoms with Gasteiger partial charge in [0.2, 0.25) is 0 Å². The van der Waals surface area contributed by atoms with E-state index in [1.165, 1.54) is 10.9 Å². The highest BCUT2D eigenvalue weighted by molar-refractivity contribution is 6.35. The first-order chi connectivity index (χ1) is 19.6. The number of hydrogen-bond acceptors (Lipinski definition) is 7. The van der Waals surface area contributed by atoms with Crippen LogP contribution in [0.2, 0.25) is 5.02 Å². The summed E-state index contributed by atoms with van der Waals surface area (Å²) in [6.45, 7) is 7.48. The van der Waals surface area contributed by atoms with E-state index in [1.807, 2.05) is 30.3 Å². The van der Waals surface area contributed by atoms with Gasteiger partial charge >= 0.3 is 0 Å². The van der Waals surface area contributed by atoms with Gasteiger partial charge in [0.15, 0.2) is 5.82 Å². The van der Waals surface area contributed by atoms with Crippen LogP contribution in [0.3, 0.4) is 0 Å². The van der Waals surface area contributed by atoms with Gasteiger partial charge in [0.1, 0.15) is 11.6 Å². The molecule has 3 heterocycles. The fraction of sp³-hybridized carbons (Fsp3) is 0.345. The molecule has 6 rings (SSSR count). The number of fused-ring (bicyclic) bond motifs is 2. The first kappa shape index (κ1) is 26.9. The molecule has 0 saturated heterocycles. The number of pyridine rings is 1. The summed E-state index contributed by atoms with van der Waals surface area (Å²) in [4.78, 5) is 4.43. The molecule has 0 spiro atoms. The van der Waals surface area contributed by atoms with Crippen molar-refractivity contribution >= 4 is 44.8 Å². The molecule has 1 aliphatic carbocycles. The van der Waals surface area contributed by atoms with Crippen molar-refractivity contribution in [1.29, 1.82) is 5.26 Å². The standard InChI is InChI=1S/C29H28ClF2N9/c1-28(2,3)16-36-25-18(11-33)13-35-26-20(25)9-19(10-22(26)30)34-12-17-5-4-6-23-21(17)14-37-41(23)24-15-40(39-38-24)29(7-8-29)27(31)32/h4-6,9-10,13-15,27,34H,7-8,12,16H2,1-3H3,(H,35,36). The predicted octanol–water partition coefficient (Wildman–Crippen LogP) is 6.51. The number of benzene rings is 2. The number of hydrogen-bond donors (Lipinski definition) is 2. The van der Waals surface area contributed by atoms with E-state index in [0.717, 1.165) is 27.5 Å². The minimum Gasteiger partial charge on any atom is -0.383 e. The third-order valence-corrected chi connectivity index (χ3v) is 7.64. The summed E-state index contributed by atoms with van der Waals surface area (Å²) in [7, 11) is 0. The molecule has 5 aromatic rings. The Morgan fingerprint density at radius 3 is 2.66 bits per heavy atom. The maximum absolute atomic E-state index is 13.6. The molecule has 3 aromatic heterocycles. The lowest BCUT2D eigenvalue weighted by atomic mass is 9.96. The van der Waals surface area contributed by atoms with Crippen LogP contribution in [0.4, 0.5) is 20.2 Å². The largest absolute Gasteiger partial charge is 0.383 e. The second kappa shape index (κ2) is 9.96. The van der Waals surface area contributed by atoms with Crippen molar-refractivity contribution in [1.82, 2.24) is 29.8 Å². The van der Waals surface area contributed by atoms with Crippen molar-refractivity contribution in [2.45, 2.75) is 52.1 Å². The highest BCUT2D eigenvalue weighted by Gasteiger charge is 2.54. The molecule has 0 aliphatic heterocycles. The van der Waals surface area contributed by atoms with Crippen molar-refractivity contribution in [3.8, 4) is 11.9 Å². The SMILES string of the molecule is CC(C)(C)CNc1c(C#N)cnc2c(Cl)cc(NCc3cccc4c3cnn4-c3cn(C4(C(F)F)CC4)nn3)cc12. The van der Waals surface area contributed by atoms with Crippen molar-refractivity contribution in [2.75, 3.05) is 17.2 Å². The average Bonchev–Trinajstić information content (AvgIpc) is 3.40. The number of nitriles is 1. The lowest BCUT2D eigenvalue weighted by Crippen LogP contribution is -2.26. The summed E-state index contributed by atoms with van der Waals surface area (Å²) in [6.07, 6.45) is 3.06. The fourth-order valence-electron chi connectivity index (χ4n) is 4.88. The van der Waals surface area contributed by atoms with E-state index < -0.39 is 12.0 Å². The summed E-state index contributed by atoms with van der Waals surface area (Å²) in [6, 6.07) is 11.8. The zero-order valence-corrected chi connectivity index (χ0v) is 23.5. The first-order valence-electron chi connectivity index (χ1n) is 13.3. The molecular weight excluding hydrogens is 548 g/mol. The fourth-order valence-corrected chi connectivity index (χ4v) is 5.15. The van der Waals surface area contributed by atoms with Gasteiger partial charge in [-0.2, -0.15) is 10.4 Å². The average molecular weight is 576 g/mol. The van der Waals surface area contributed by atoms with Gasteiger partial charge in [0.25, 0.3) is 6.43 Å². The van der Waals surface area contributed by atoms with Gasteiger partial charge in [0, 0.05) is 35.7 Å². The quantitative estimate of drug-likeness (QED) is 0.217. The maximum atomic E-state index is 13.6. The number of nitrogens with zero attached hydrogens (tertiary/aromatic N) is 7. The molecule has 1 aliphatic rings. The molecule has 0 radical (unpaired) electrons. The van der Waals surface area contributed by atoms with Crippen LogP contribution in [0.5, 0.6) is 0 Å². The van der Waals surface area contributed by atoms with Crippen molar-refractivity contribution < 1.29 is 8.78 Å². The smallest absolute Gasteiger partial charge is 0.263 e. The molecule has 0 amide bonds. The lowest BCUT2D eigenvalue weighted by molar-refractivity contribution is 0.0593. The number of halogens is 3. The Labute approximate surface area is 240 Å². The number of aromatic nitrogens is 6. The second-order valence-corrected chi connectivity index (χ2v) is 12.0. The van der Waals surface area contributed by atoms with Crippen molar-refractivity contribution in [3.63, 3.8) is 0 Å². The van der Waals surface area contributed by atoms with Gasteiger partial charge < -0.3 is 10.6 Å². The van der Waals surface area contributed by atoms with E-state index in [0.29, 0.717) is 53.5 Å². The topological polar surface area (TPSA) is 109 Å². The monoisotopic (exact) mass is 575 g/mol. The Hall–Kier alpha value is -4.30. The zero-order chi connectivity index (χ0) is 28.9. The van der Waals surface area contributed by atoms with Crippen molar-refractivity contribution in [3.05, 3.63) is 65.1 Å². The third-order valence-electron chi connectivity index (χ3n) is 7.35. The Balaban J connectivity index is 1.29. The first-order valence-corrected chi connectivity index (χ1v) is 13.6. The number of nitrogens with one attached hydrogen (secondary N) is 2. The van der Waals surface area contributed by atoms with Crippen LogP contribution < -0.4 is 10.6 Å². The van der Waals surface area contributed by atoms with Crippen LogP contribution in [-0.4, -0.2) is 42.7 Å². The summed E-state index contributed by atoms with van der Waals surface area (Å²) >= 11 is 6.64. The van der Waals surface area contributed by atoms with Crippen molar-refractivity contribution in [2.24, 2.45) is 5.41 Å². The Bertz CT molecular complexity index is 1810. The van der Waals surface area contributed by atoms with Crippen LogP contribution in [0.15, 0.2) is 48.9 Å². The van der Waals surface area contributed by atoms with Gasteiger partial charge in [-0.1, -0.05) is 49.7 Å². The Kier molecular flexibility index (Phi) is 6.53. The van der Waals surface area contributed by atoms with Gasteiger partial charge in [-0.05, 0) is 42.0 Å². The molecule has 210 valence electrons. The van der Waals surface area contributed by atoms with Gasteiger partial charge in [-0.3, -0.25) is 4.98 Å². The van der Waals surface area contributed by atoms with E-state index in [4.69, 9.17) is 11.6 Å². The molecule has 12 heteroatoms. The van der Waals surface area contributed by atoms with Crippen LogP contribution in [0.1, 0.15) is 44.7 Å². The molecule has 1 fully saturated rings.